The van der Waals surface area contributed by atoms with Gasteiger partial charge in [0.25, 0.3) is 11.7 Å². The molecule has 1 aliphatic heterocycles. The summed E-state index contributed by atoms with van der Waals surface area (Å²) in [4.78, 5) is 39.4. The lowest BCUT2D eigenvalue weighted by molar-refractivity contribution is -0.132. The summed E-state index contributed by atoms with van der Waals surface area (Å²) < 4.78 is 10.9. The quantitative estimate of drug-likeness (QED) is 0.170. The number of nitriles is 1. The molecule has 1 amide bonds. The number of amides is 1. The molecule has 8 heteroatoms. The van der Waals surface area contributed by atoms with Crippen molar-refractivity contribution in [3.05, 3.63) is 95.1 Å². The van der Waals surface area contributed by atoms with E-state index in [4.69, 9.17) is 14.7 Å². The van der Waals surface area contributed by atoms with Crippen LogP contribution in [0.15, 0.2) is 78.4 Å². The second-order valence-electron chi connectivity index (χ2n) is 8.68. The number of benzene rings is 3. The van der Waals surface area contributed by atoms with E-state index in [1.165, 1.54) is 24.0 Å². The lowest BCUT2D eigenvalue weighted by Gasteiger charge is -2.25. The normalized spacial score (nSPS) is 16.5. The lowest BCUT2D eigenvalue weighted by atomic mass is 9.95. The highest BCUT2D eigenvalue weighted by Crippen LogP contribution is 2.43. The minimum Gasteiger partial charge on any atom is -0.507 e. The van der Waals surface area contributed by atoms with E-state index in [0.29, 0.717) is 28.1 Å². The van der Waals surface area contributed by atoms with Crippen LogP contribution >= 0.6 is 0 Å². The molecule has 186 valence electrons. The molecule has 1 N–H and O–H groups in total. The van der Waals surface area contributed by atoms with Gasteiger partial charge in [-0.15, -0.1) is 0 Å². The van der Waals surface area contributed by atoms with Crippen molar-refractivity contribution in [3.63, 3.8) is 0 Å². The van der Waals surface area contributed by atoms with Crippen LogP contribution < -0.4 is 14.4 Å². The monoisotopic (exact) mass is 496 g/mol. The molecule has 37 heavy (non-hydrogen) atoms. The van der Waals surface area contributed by atoms with Crippen molar-refractivity contribution in [2.75, 3.05) is 4.90 Å². The molecule has 3 aromatic carbocycles. The number of nitrogens with zero attached hydrogens (tertiary/aromatic N) is 2. The van der Waals surface area contributed by atoms with E-state index < -0.39 is 23.7 Å². The van der Waals surface area contributed by atoms with Crippen LogP contribution in [0.25, 0.3) is 5.76 Å². The molecule has 0 aliphatic carbocycles. The van der Waals surface area contributed by atoms with E-state index in [1.807, 2.05) is 19.9 Å². The first-order chi connectivity index (χ1) is 17.7. The molecule has 0 saturated carbocycles. The Morgan fingerprint density at radius 1 is 1.00 bits per heavy atom. The first-order valence-corrected chi connectivity index (χ1v) is 11.6. The smallest absolute Gasteiger partial charge is 0.308 e. The highest BCUT2D eigenvalue weighted by Gasteiger charge is 2.47. The predicted molar refractivity (Wildman–Crippen MR) is 136 cm³/mol. The minimum absolute atomic E-state index is 0.0401. The van der Waals surface area contributed by atoms with Crippen LogP contribution in [-0.2, 0) is 14.4 Å². The molecule has 1 atom stereocenters. The molecule has 0 aromatic heterocycles. The number of ether oxygens (including phenoxy) is 2. The molecule has 0 radical (unpaired) electrons. The summed E-state index contributed by atoms with van der Waals surface area (Å²) in [6.45, 7) is 5.05. The number of aliphatic hydroxyl groups is 1. The summed E-state index contributed by atoms with van der Waals surface area (Å²) in [5, 5.41) is 20.4. The largest absolute Gasteiger partial charge is 0.507 e. The Balaban J connectivity index is 1.87. The molecule has 1 aliphatic rings. The number of aliphatic hydroxyl groups excluding tert-OH is 1. The zero-order valence-electron chi connectivity index (χ0n) is 20.5. The number of rotatable bonds is 6. The van der Waals surface area contributed by atoms with Crippen molar-refractivity contribution in [1.29, 1.82) is 5.26 Å². The number of carbonyl (C=O) groups is 3. The Bertz CT molecular complexity index is 1430. The van der Waals surface area contributed by atoms with Crippen molar-refractivity contribution >= 4 is 29.1 Å². The fraction of sp³-hybridized carbons (Fsp3) is 0.172. The fourth-order valence-corrected chi connectivity index (χ4v) is 4.14. The van der Waals surface area contributed by atoms with Gasteiger partial charge < -0.3 is 14.6 Å². The zero-order valence-corrected chi connectivity index (χ0v) is 20.5. The van der Waals surface area contributed by atoms with Gasteiger partial charge in [-0.25, -0.2) is 0 Å². The highest BCUT2D eigenvalue weighted by atomic mass is 16.5. The first-order valence-electron chi connectivity index (χ1n) is 11.6. The van der Waals surface area contributed by atoms with Crippen molar-refractivity contribution in [3.8, 4) is 17.6 Å². The molecule has 3 aromatic rings. The summed E-state index contributed by atoms with van der Waals surface area (Å²) in [6.07, 6.45) is -0.0401. The Kier molecular flexibility index (Phi) is 7.07. The summed E-state index contributed by atoms with van der Waals surface area (Å²) >= 11 is 0. The van der Waals surface area contributed by atoms with Crippen molar-refractivity contribution in [1.82, 2.24) is 0 Å². The second kappa shape index (κ2) is 10.4. The Morgan fingerprint density at radius 3 is 2.27 bits per heavy atom. The molecule has 4 rings (SSSR count). The molecule has 1 unspecified atom stereocenters. The maximum absolute atomic E-state index is 13.3. The van der Waals surface area contributed by atoms with Gasteiger partial charge in [-0.05, 0) is 80.1 Å². The maximum atomic E-state index is 13.3. The van der Waals surface area contributed by atoms with Gasteiger partial charge in [-0.3, -0.25) is 19.3 Å². The Labute approximate surface area is 214 Å². The van der Waals surface area contributed by atoms with Crippen LogP contribution in [0.5, 0.6) is 11.5 Å². The molecule has 1 heterocycles. The predicted octanol–water partition coefficient (Wildman–Crippen LogP) is 4.90. The number of hydrogen-bond donors (Lipinski definition) is 1. The molecule has 8 nitrogen and oxygen atoms in total. The van der Waals surface area contributed by atoms with E-state index >= 15 is 0 Å². The standard InChI is InChI=1S/C29H24N2O6/c1-17(2)36-23-13-9-20(10-14-23)27(33)25-26(21-5-4-6-24(15-21)37-18(3)32)31(29(35)28(25)34)22-11-7-19(16-30)8-12-22/h4-15,17,26,33H,1-3H3/b27-25-. The molecule has 0 spiro atoms. The van der Waals surface area contributed by atoms with E-state index in [1.54, 1.807) is 60.7 Å². The molecular weight excluding hydrogens is 472 g/mol. The summed E-state index contributed by atoms with van der Waals surface area (Å²) in [5.74, 6) is -1.77. The van der Waals surface area contributed by atoms with Crippen LogP contribution in [-0.4, -0.2) is 28.9 Å². The van der Waals surface area contributed by atoms with Gasteiger partial charge in [-0.1, -0.05) is 12.1 Å². The molecular formula is C29H24N2O6. The average Bonchev–Trinajstić information content (AvgIpc) is 3.14. The molecule has 1 fully saturated rings. The second-order valence-corrected chi connectivity index (χ2v) is 8.68. The molecule has 0 bridgehead atoms. The van der Waals surface area contributed by atoms with Gasteiger partial charge >= 0.3 is 5.97 Å². The zero-order chi connectivity index (χ0) is 26.7. The molecule has 1 saturated heterocycles. The Hall–Kier alpha value is -4.90. The topological polar surface area (TPSA) is 117 Å². The summed E-state index contributed by atoms with van der Waals surface area (Å²) in [7, 11) is 0. The SMILES string of the molecule is CC(=O)Oc1cccc(C2/C(=C(/O)c3ccc(OC(C)C)cc3)C(=O)C(=O)N2c2ccc(C#N)cc2)c1. The van der Waals surface area contributed by atoms with Gasteiger partial charge in [0.05, 0.1) is 29.4 Å². The highest BCUT2D eigenvalue weighted by molar-refractivity contribution is 6.51. The third-order valence-corrected chi connectivity index (χ3v) is 5.65. The summed E-state index contributed by atoms with van der Waals surface area (Å²) in [5.41, 5.74) is 1.41. The van der Waals surface area contributed by atoms with Gasteiger partial charge in [-0.2, -0.15) is 5.26 Å². The van der Waals surface area contributed by atoms with Gasteiger partial charge in [0.1, 0.15) is 17.3 Å². The third kappa shape index (κ3) is 5.21. The van der Waals surface area contributed by atoms with Crippen molar-refractivity contribution < 1.29 is 29.0 Å². The number of Topliss-reactive ketones (excluding diaryl/α,β-unsaturated/α-hetero) is 1. The lowest BCUT2D eigenvalue weighted by Crippen LogP contribution is -2.29. The van der Waals surface area contributed by atoms with E-state index in [9.17, 15) is 19.5 Å². The van der Waals surface area contributed by atoms with Crippen LogP contribution in [0.3, 0.4) is 0 Å². The maximum Gasteiger partial charge on any atom is 0.308 e. The number of hydrogen-bond acceptors (Lipinski definition) is 7. The van der Waals surface area contributed by atoms with Gasteiger partial charge in [0.2, 0.25) is 0 Å². The Morgan fingerprint density at radius 2 is 1.68 bits per heavy atom. The fourth-order valence-electron chi connectivity index (χ4n) is 4.14. The van der Waals surface area contributed by atoms with Gasteiger partial charge in [0, 0.05) is 18.2 Å². The van der Waals surface area contributed by atoms with E-state index in [2.05, 4.69) is 0 Å². The van der Waals surface area contributed by atoms with Crippen molar-refractivity contribution in [2.45, 2.75) is 32.9 Å². The van der Waals surface area contributed by atoms with Crippen LogP contribution in [0, 0.1) is 11.3 Å². The number of anilines is 1. The van der Waals surface area contributed by atoms with Crippen molar-refractivity contribution in [2.24, 2.45) is 0 Å². The van der Waals surface area contributed by atoms with Gasteiger partial charge in [0.15, 0.2) is 0 Å². The average molecular weight is 497 g/mol. The number of carbonyl (C=O) groups excluding carboxylic acids is 3. The van der Waals surface area contributed by atoms with E-state index in [-0.39, 0.29) is 23.2 Å². The number of esters is 1. The summed E-state index contributed by atoms with van der Waals surface area (Å²) in [6, 6.07) is 20.2. The first kappa shape index (κ1) is 25.2. The minimum atomic E-state index is -1.02. The van der Waals surface area contributed by atoms with Crippen LogP contribution in [0.2, 0.25) is 0 Å². The van der Waals surface area contributed by atoms with E-state index in [0.717, 1.165) is 0 Å². The van der Waals surface area contributed by atoms with Crippen LogP contribution in [0.4, 0.5) is 5.69 Å². The number of ketones is 1. The van der Waals surface area contributed by atoms with Crippen LogP contribution in [0.1, 0.15) is 43.5 Å². The third-order valence-electron chi connectivity index (χ3n) is 5.65.